The van der Waals surface area contributed by atoms with Crippen LogP contribution in [0.25, 0.3) is 0 Å². The third-order valence-electron chi connectivity index (χ3n) is 3.61. The van der Waals surface area contributed by atoms with Crippen LogP contribution in [-0.2, 0) is 19.2 Å². The van der Waals surface area contributed by atoms with E-state index in [2.05, 4.69) is 15.6 Å². The smallest absolute Gasteiger partial charge is 0.191 e. The van der Waals surface area contributed by atoms with Crippen molar-refractivity contribution in [3.63, 3.8) is 0 Å². The number of aliphatic imine (C=N–C) groups is 1. The zero-order valence-corrected chi connectivity index (χ0v) is 18.2. The number of furan rings is 1. The highest BCUT2D eigenvalue weighted by Gasteiger charge is 2.26. The molecule has 0 spiro atoms. The van der Waals surface area contributed by atoms with E-state index < -0.39 is 5.60 Å². The number of aromatic nitrogens is 1. The fourth-order valence-electron chi connectivity index (χ4n) is 2.17. The summed E-state index contributed by atoms with van der Waals surface area (Å²) in [6.07, 6.45) is 1.53. The van der Waals surface area contributed by atoms with Gasteiger partial charge in [0.15, 0.2) is 5.96 Å². The molecule has 0 aromatic carbocycles. The first-order valence-electron chi connectivity index (χ1n) is 7.63. The molecule has 0 saturated carbocycles. The Morgan fingerprint density at radius 2 is 2.12 bits per heavy atom. The van der Waals surface area contributed by atoms with Crippen molar-refractivity contribution in [3.8, 4) is 0 Å². The van der Waals surface area contributed by atoms with Crippen LogP contribution in [0.5, 0.6) is 0 Å². The third-order valence-corrected chi connectivity index (χ3v) is 4.45. The number of hydrogen-bond donors (Lipinski definition) is 3. The minimum absolute atomic E-state index is 0. The zero-order chi connectivity index (χ0) is 17.7. The van der Waals surface area contributed by atoms with Gasteiger partial charge in [-0.15, -0.1) is 24.0 Å². The topological polar surface area (TPSA) is 74.7 Å². The molecule has 0 fully saturated rings. The van der Waals surface area contributed by atoms with Crippen molar-refractivity contribution in [2.75, 3.05) is 13.1 Å². The average Bonchev–Trinajstić information content (AvgIpc) is 3.16. The second-order valence-corrected chi connectivity index (χ2v) is 6.40. The quantitative estimate of drug-likeness (QED) is 0.322. The molecule has 0 aliphatic carbocycles. The summed E-state index contributed by atoms with van der Waals surface area (Å²) in [7, 11) is 1.83. The zero-order valence-electron chi connectivity index (χ0n) is 14.3. The maximum absolute atomic E-state index is 10.5. The summed E-state index contributed by atoms with van der Waals surface area (Å²) < 4.78 is 7.06. The van der Waals surface area contributed by atoms with Gasteiger partial charge in [0, 0.05) is 19.3 Å². The first kappa shape index (κ1) is 22.1. The first-order chi connectivity index (χ1) is 11.3. The molecule has 2 rings (SSSR count). The molecule has 140 valence electrons. The van der Waals surface area contributed by atoms with Crippen molar-refractivity contribution in [1.82, 2.24) is 15.2 Å². The van der Waals surface area contributed by atoms with E-state index in [0.717, 1.165) is 5.69 Å². The van der Waals surface area contributed by atoms with Gasteiger partial charge in [-0.1, -0.05) is 23.2 Å². The maximum atomic E-state index is 10.5. The predicted molar refractivity (Wildman–Crippen MR) is 112 cm³/mol. The Bertz CT molecular complexity index is 699. The van der Waals surface area contributed by atoms with E-state index in [1.54, 1.807) is 29.7 Å². The largest absolute Gasteiger partial charge is 0.466 e. The van der Waals surface area contributed by atoms with Gasteiger partial charge in [-0.05, 0) is 32.0 Å². The van der Waals surface area contributed by atoms with Crippen LogP contribution in [0.2, 0.25) is 10.2 Å². The normalized spacial score (nSPS) is 13.9. The van der Waals surface area contributed by atoms with E-state index in [4.69, 9.17) is 27.6 Å². The van der Waals surface area contributed by atoms with Crippen molar-refractivity contribution >= 4 is 53.1 Å². The van der Waals surface area contributed by atoms with Gasteiger partial charge >= 0.3 is 0 Å². The third kappa shape index (κ3) is 5.80. The van der Waals surface area contributed by atoms with E-state index >= 15 is 0 Å². The Labute approximate surface area is 174 Å². The number of aliphatic hydroxyl groups is 1. The number of nitrogens with one attached hydrogen (secondary N) is 2. The Hall–Kier alpha value is -0.900. The lowest BCUT2D eigenvalue weighted by atomic mass is 10.0. The van der Waals surface area contributed by atoms with Gasteiger partial charge < -0.3 is 24.7 Å². The molecule has 6 nitrogen and oxygen atoms in total. The van der Waals surface area contributed by atoms with E-state index in [-0.39, 0.29) is 30.5 Å². The van der Waals surface area contributed by atoms with Crippen molar-refractivity contribution in [1.29, 1.82) is 0 Å². The molecule has 2 aromatic rings. The van der Waals surface area contributed by atoms with E-state index in [1.165, 1.54) is 6.26 Å². The van der Waals surface area contributed by atoms with Crippen molar-refractivity contribution in [2.24, 2.45) is 12.0 Å². The monoisotopic (exact) mass is 500 g/mol. The van der Waals surface area contributed by atoms with Crippen LogP contribution in [0.1, 0.15) is 25.3 Å². The summed E-state index contributed by atoms with van der Waals surface area (Å²) >= 11 is 12.1. The summed E-state index contributed by atoms with van der Waals surface area (Å²) in [6, 6.07) is 5.27. The molecule has 25 heavy (non-hydrogen) atoms. The minimum atomic E-state index is -1.14. The maximum Gasteiger partial charge on any atom is 0.191 e. The highest BCUT2D eigenvalue weighted by atomic mass is 127. The summed E-state index contributed by atoms with van der Waals surface area (Å²) in [6.45, 7) is 5.00. The van der Waals surface area contributed by atoms with E-state index in [0.29, 0.717) is 35.0 Å². The molecule has 0 saturated heterocycles. The number of halogens is 3. The lowest BCUT2D eigenvalue weighted by molar-refractivity contribution is 0.0386. The SMILES string of the molecule is CCNC(=NCc1cc(Cl)c(Cl)n1C)NCC(C)(O)c1ccco1.I. The molecule has 9 heteroatoms. The summed E-state index contributed by atoms with van der Waals surface area (Å²) in [5.74, 6) is 1.07. The molecule has 0 aliphatic heterocycles. The molecule has 1 atom stereocenters. The molecule has 0 radical (unpaired) electrons. The van der Waals surface area contributed by atoms with Crippen molar-refractivity contribution < 1.29 is 9.52 Å². The van der Waals surface area contributed by atoms with Crippen LogP contribution >= 0.6 is 47.2 Å². The second kappa shape index (κ2) is 9.70. The number of hydrogen-bond acceptors (Lipinski definition) is 3. The fourth-order valence-corrected chi connectivity index (χ4v) is 2.59. The summed E-state index contributed by atoms with van der Waals surface area (Å²) in [5.41, 5.74) is -0.253. The number of nitrogens with zero attached hydrogens (tertiary/aromatic N) is 2. The standard InChI is InChI=1S/C16H22Cl2N4O2.HI/c1-4-19-15(20-9-11-8-12(17)14(18)22(11)3)21-10-16(2,23)13-6-5-7-24-13;/h5-8,23H,4,9-10H2,1-3H3,(H2,19,20,21);1H. The molecule has 0 bridgehead atoms. The van der Waals surface area contributed by atoms with Crippen LogP contribution in [0.3, 0.4) is 0 Å². The Balaban J connectivity index is 0.00000312. The first-order valence-corrected chi connectivity index (χ1v) is 8.39. The average molecular weight is 501 g/mol. The van der Waals surface area contributed by atoms with Crippen LogP contribution in [0.15, 0.2) is 33.9 Å². The van der Waals surface area contributed by atoms with Crippen LogP contribution in [-0.4, -0.2) is 28.7 Å². The van der Waals surface area contributed by atoms with Gasteiger partial charge in [-0.25, -0.2) is 4.99 Å². The number of guanidine groups is 1. The van der Waals surface area contributed by atoms with Gasteiger partial charge in [0.25, 0.3) is 0 Å². The molecule has 3 N–H and O–H groups in total. The van der Waals surface area contributed by atoms with Gasteiger partial charge in [0.05, 0.1) is 24.4 Å². The molecule has 0 amide bonds. The Kier molecular flexibility index (Phi) is 8.59. The van der Waals surface area contributed by atoms with Crippen LogP contribution < -0.4 is 10.6 Å². The molecular formula is C16H23Cl2IN4O2. The van der Waals surface area contributed by atoms with Crippen molar-refractivity contribution in [2.45, 2.75) is 26.0 Å². The van der Waals surface area contributed by atoms with Crippen LogP contribution in [0.4, 0.5) is 0 Å². The summed E-state index contributed by atoms with van der Waals surface area (Å²) in [5, 5.41) is 17.7. The fraction of sp³-hybridized carbons (Fsp3) is 0.438. The van der Waals surface area contributed by atoms with Crippen LogP contribution in [0, 0.1) is 0 Å². The molecule has 1 unspecified atom stereocenters. The Morgan fingerprint density at radius 3 is 2.64 bits per heavy atom. The molecule has 2 aromatic heterocycles. The Morgan fingerprint density at radius 1 is 1.40 bits per heavy atom. The van der Waals surface area contributed by atoms with Gasteiger partial charge in [0.1, 0.15) is 16.5 Å². The van der Waals surface area contributed by atoms with E-state index in [9.17, 15) is 5.11 Å². The molecular weight excluding hydrogens is 478 g/mol. The molecule has 2 heterocycles. The minimum Gasteiger partial charge on any atom is -0.466 e. The number of rotatable bonds is 6. The van der Waals surface area contributed by atoms with Crippen molar-refractivity contribution in [3.05, 3.63) is 46.1 Å². The second-order valence-electron chi connectivity index (χ2n) is 5.63. The highest BCUT2D eigenvalue weighted by molar-refractivity contribution is 14.0. The van der Waals surface area contributed by atoms with Gasteiger partial charge in [-0.3, -0.25) is 0 Å². The molecule has 0 aliphatic rings. The van der Waals surface area contributed by atoms with E-state index in [1.807, 2.05) is 14.0 Å². The predicted octanol–water partition coefficient (Wildman–Crippen LogP) is 3.51. The summed E-state index contributed by atoms with van der Waals surface area (Å²) in [4.78, 5) is 4.50. The van der Waals surface area contributed by atoms with Gasteiger partial charge in [-0.2, -0.15) is 0 Å². The lowest BCUT2D eigenvalue weighted by Crippen LogP contribution is -2.44. The van der Waals surface area contributed by atoms with Gasteiger partial charge in [0.2, 0.25) is 0 Å². The lowest BCUT2D eigenvalue weighted by Gasteiger charge is -2.22. The highest BCUT2D eigenvalue weighted by Crippen LogP contribution is 2.25.